The standard InChI is InChI=1S/C33H38Cl2N6O3/c1-19-15-23(43-5)13-14-24(19)20-16-28-29(38-21-9-11-22(12-10-21)39-32(42)44-33(2,3)4)25(17-37-41(28)18-20)31(36)40-30-26(34)7-6-8-27(30)35/h6-8,13-18,21-22,38H,9-12H2,1-5H3,(H2,36,40)(H,39,42). The highest BCUT2D eigenvalue weighted by atomic mass is 35.5. The van der Waals surface area contributed by atoms with E-state index < -0.39 is 5.60 Å². The molecule has 4 N–H and O–H groups in total. The van der Waals surface area contributed by atoms with E-state index in [0.29, 0.717) is 21.3 Å². The molecule has 2 aromatic heterocycles. The van der Waals surface area contributed by atoms with E-state index in [1.54, 1.807) is 31.5 Å². The Morgan fingerprint density at radius 1 is 1.07 bits per heavy atom. The van der Waals surface area contributed by atoms with Gasteiger partial charge in [-0.2, -0.15) is 5.10 Å². The van der Waals surface area contributed by atoms with Crippen molar-refractivity contribution in [2.45, 2.75) is 71.1 Å². The van der Waals surface area contributed by atoms with Crippen molar-refractivity contribution in [1.29, 1.82) is 0 Å². The van der Waals surface area contributed by atoms with E-state index in [1.165, 1.54) is 0 Å². The number of carbonyl (C=O) groups excluding carboxylic acids is 1. The van der Waals surface area contributed by atoms with Crippen LogP contribution in [0.5, 0.6) is 5.75 Å². The van der Waals surface area contributed by atoms with E-state index in [2.05, 4.69) is 33.7 Å². The van der Waals surface area contributed by atoms with Gasteiger partial charge in [-0.15, -0.1) is 0 Å². The zero-order valence-corrected chi connectivity index (χ0v) is 27.1. The van der Waals surface area contributed by atoms with Crippen LogP contribution in [0.3, 0.4) is 0 Å². The monoisotopic (exact) mass is 636 g/mol. The molecule has 232 valence electrons. The van der Waals surface area contributed by atoms with E-state index in [9.17, 15) is 4.79 Å². The molecule has 1 amide bonds. The number of halogens is 2. The highest BCUT2D eigenvalue weighted by Crippen LogP contribution is 2.36. The summed E-state index contributed by atoms with van der Waals surface area (Å²) in [5, 5.41) is 12.3. The second-order valence-electron chi connectivity index (χ2n) is 12.1. The summed E-state index contributed by atoms with van der Waals surface area (Å²) in [4.78, 5) is 17.0. The maximum atomic E-state index is 12.3. The zero-order valence-electron chi connectivity index (χ0n) is 25.6. The van der Waals surface area contributed by atoms with Crippen LogP contribution >= 0.6 is 23.2 Å². The van der Waals surface area contributed by atoms with Gasteiger partial charge in [0, 0.05) is 23.8 Å². The van der Waals surface area contributed by atoms with E-state index >= 15 is 0 Å². The molecular weight excluding hydrogens is 599 g/mol. The number of aliphatic imine (C=N–C) groups is 1. The number of hydrogen-bond donors (Lipinski definition) is 3. The van der Waals surface area contributed by atoms with Crippen molar-refractivity contribution in [3.05, 3.63) is 76.0 Å². The lowest BCUT2D eigenvalue weighted by atomic mass is 9.91. The third kappa shape index (κ3) is 7.22. The molecular formula is C33H38Cl2N6O3. The lowest BCUT2D eigenvalue weighted by Crippen LogP contribution is -2.42. The van der Waals surface area contributed by atoms with E-state index in [-0.39, 0.29) is 24.0 Å². The summed E-state index contributed by atoms with van der Waals surface area (Å²) < 4.78 is 12.7. The smallest absolute Gasteiger partial charge is 0.407 e. The van der Waals surface area contributed by atoms with Crippen LogP contribution in [0.15, 0.2) is 59.9 Å². The first-order valence-electron chi connectivity index (χ1n) is 14.6. The number of nitrogens with one attached hydrogen (secondary N) is 2. The fourth-order valence-electron chi connectivity index (χ4n) is 5.47. The van der Waals surface area contributed by atoms with Crippen molar-refractivity contribution >= 4 is 52.0 Å². The summed E-state index contributed by atoms with van der Waals surface area (Å²) >= 11 is 12.8. The van der Waals surface area contributed by atoms with Crippen molar-refractivity contribution in [1.82, 2.24) is 14.9 Å². The summed E-state index contributed by atoms with van der Waals surface area (Å²) in [6, 6.07) is 13.5. The average Bonchev–Trinajstić information content (AvgIpc) is 3.39. The number of rotatable bonds is 7. The van der Waals surface area contributed by atoms with E-state index in [1.807, 2.05) is 49.7 Å². The molecule has 0 saturated heterocycles. The summed E-state index contributed by atoms with van der Waals surface area (Å²) in [6.07, 6.45) is 6.62. The van der Waals surface area contributed by atoms with Crippen molar-refractivity contribution in [2.24, 2.45) is 10.7 Å². The molecule has 1 aliphatic rings. The number of alkyl carbamates (subject to hydrolysis) is 1. The predicted molar refractivity (Wildman–Crippen MR) is 178 cm³/mol. The Bertz CT molecular complexity index is 1680. The molecule has 4 aromatic rings. The quantitative estimate of drug-likeness (QED) is 0.140. The largest absolute Gasteiger partial charge is 0.497 e. The van der Waals surface area contributed by atoms with Crippen molar-refractivity contribution in [3.8, 4) is 16.9 Å². The second kappa shape index (κ2) is 13.0. The number of methoxy groups -OCH3 is 1. The Morgan fingerprint density at radius 3 is 2.39 bits per heavy atom. The minimum absolute atomic E-state index is 0.0479. The van der Waals surface area contributed by atoms with Gasteiger partial charge in [-0.3, -0.25) is 0 Å². The van der Waals surface area contributed by atoms with Crippen molar-refractivity contribution in [2.75, 3.05) is 12.4 Å². The molecule has 0 aliphatic heterocycles. The van der Waals surface area contributed by atoms with Gasteiger partial charge in [-0.05, 0) is 94.8 Å². The normalized spacial score (nSPS) is 17.4. The van der Waals surface area contributed by atoms with Crippen LogP contribution < -0.4 is 21.1 Å². The highest BCUT2D eigenvalue weighted by Gasteiger charge is 2.26. The Kier molecular flexibility index (Phi) is 9.27. The van der Waals surface area contributed by atoms with Gasteiger partial charge in [0.05, 0.1) is 40.1 Å². The fraction of sp³-hybridized carbons (Fsp3) is 0.364. The van der Waals surface area contributed by atoms with Gasteiger partial charge < -0.3 is 25.8 Å². The number of nitrogens with two attached hydrogens (primary N) is 1. The van der Waals surface area contributed by atoms with Gasteiger partial charge in [-0.25, -0.2) is 14.3 Å². The molecule has 0 bridgehead atoms. The van der Waals surface area contributed by atoms with Crippen molar-refractivity contribution in [3.63, 3.8) is 0 Å². The molecule has 9 nitrogen and oxygen atoms in total. The maximum Gasteiger partial charge on any atom is 0.407 e. The highest BCUT2D eigenvalue weighted by molar-refractivity contribution is 6.39. The molecule has 0 radical (unpaired) electrons. The summed E-state index contributed by atoms with van der Waals surface area (Å²) in [7, 11) is 1.66. The minimum atomic E-state index is -0.540. The number of fused-ring (bicyclic) bond motifs is 1. The van der Waals surface area contributed by atoms with E-state index in [4.69, 9.17) is 38.4 Å². The Morgan fingerprint density at radius 2 is 1.75 bits per heavy atom. The molecule has 11 heteroatoms. The Labute approximate surface area is 267 Å². The number of benzene rings is 2. The van der Waals surface area contributed by atoms with Crippen LogP contribution in [-0.4, -0.2) is 46.3 Å². The minimum Gasteiger partial charge on any atom is -0.497 e. The summed E-state index contributed by atoms with van der Waals surface area (Å²) in [5.74, 6) is 1.04. The number of para-hydroxylation sites is 1. The Balaban J connectivity index is 1.48. The van der Waals surface area contributed by atoms with Gasteiger partial charge in [0.2, 0.25) is 0 Å². The topological polar surface area (TPSA) is 115 Å². The second-order valence-corrected chi connectivity index (χ2v) is 12.9. The maximum absolute atomic E-state index is 12.3. The molecule has 5 rings (SSSR count). The number of amides is 1. The molecule has 0 unspecified atom stereocenters. The third-order valence-electron chi connectivity index (χ3n) is 7.62. The summed E-state index contributed by atoms with van der Waals surface area (Å²) in [6.45, 7) is 7.63. The van der Waals surface area contributed by atoms with Crippen LogP contribution in [0.1, 0.15) is 57.6 Å². The Hall–Kier alpha value is -3.95. The molecule has 44 heavy (non-hydrogen) atoms. The van der Waals surface area contributed by atoms with Gasteiger partial charge in [0.25, 0.3) is 0 Å². The first kappa shape index (κ1) is 31.5. The van der Waals surface area contributed by atoms with Crippen LogP contribution in [0.25, 0.3) is 16.6 Å². The molecule has 1 fully saturated rings. The number of hydrogen-bond acceptors (Lipinski definition) is 6. The van der Waals surface area contributed by atoms with Crippen LogP contribution in [0.4, 0.5) is 16.2 Å². The molecule has 1 saturated carbocycles. The number of aryl methyl sites for hydroxylation is 1. The van der Waals surface area contributed by atoms with Gasteiger partial charge in [0.1, 0.15) is 22.9 Å². The van der Waals surface area contributed by atoms with Crippen molar-refractivity contribution < 1.29 is 14.3 Å². The van der Waals surface area contributed by atoms with Gasteiger partial charge in [-0.1, -0.05) is 35.3 Å². The van der Waals surface area contributed by atoms with Gasteiger partial charge in [0.15, 0.2) is 0 Å². The first-order valence-corrected chi connectivity index (χ1v) is 15.4. The van der Waals surface area contributed by atoms with Gasteiger partial charge >= 0.3 is 6.09 Å². The molecule has 2 heterocycles. The lowest BCUT2D eigenvalue weighted by Gasteiger charge is -2.31. The molecule has 0 spiro atoms. The van der Waals surface area contributed by atoms with Crippen LogP contribution in [0, 0.1) is 6.92 Å². The SMILES string of the molecule is COc1ccc(-c2cc3c(NC4CCC(NC(=O)OC(C)(C)C)CC4)c(C(N)=Nc4c(Cl)cccc4Cl)cnn3c2)c(C)c1. The summed E-state index contributed by atoms with van der Waals surface area (Å²) in [5.41, 5.74) is 12.0. The van der Waals surface area contributed by atoms with E-state index in [0.717, 1.165) is 59.3 Å². The number of carbonyl (C=O) groups is 1. The number of amidine groups is 1. The molecule has 1 aliphatic carbocycles. The third-order valence-corrected chi connectivity index (χ3v) is 8.23. The molecule has 0 atom stereocenters. The zero-order chi connectivity index (χ0) is 31.6. The molecule has 2 aromatic carbocycles. The fourth-order valence-corrected chi connectivity index (χ4v) is 5.96. The van der Waals surface area contributed by atoms with Crippen LogP contribution in [-0.2, 0) is 4.74 Å². The number of anilines is 1. The number of aromatic nitrogens is 2. The predicted octanol–water partition coefficient (Wildman–Crippen LogP) is 7.91. The first-order chi connectivity index (χ1) is 20.9. The number of ether oxygens (including phenoxy) is 2. The van der Waals surface area contributed by atoms with Crippen LogP contribution in [0.2, 0.25) is 10.0 Å². The lowest BCUT2D eigenvalue weighted by molar-refractivity contribution is 0.0492. The number of nitrogens with zero attached hydrogens (tertiary/aromatic N) is 3. The average molecular weight is 638 g/mol.